The molecule has 7 heteroatoms. The van der Waals surface area contributed by atoms with Crippen molar-refractivity contribution >= 4 is 46.4 Å². The number of para-hydroxylation sites is 2. The van der Waals surface area contributed by atoms with Gasteiger partial charge in [0.1, 0.15) is 10.4 Å². The average Bonchev–Trinajstić information content (AvgIpc) is 3.20. The van der Waals surface area contributed by atoms with Gasteiger partial charge in [-0.3, -0.25) is 9.59 Å². The van der Waals surface area contributed by atoms with E-state index in [0.717, 1.165) is 5.56 Å². The zero-order chi connectivity index (χ0) is 17.8. The Kier molecular flexibility index (Phi) is 5.16. The topological polar surface area (TPSA) is 60.3 Å². The predicted octanol–water partition coefficient (Wildman–Crippen LogP) is 1.76. The summed E-state index contributed by atoms with van der Waals surface area (Å²) in [5, 5.41) is 6.70. The molecule has 0 fully saturated rings. The van der Waals surface area contributed by atoms with Crippen LogP contribution >= 0.6 is 22.7 Å². The van der Waals surface area contributed by atoms with Crippen LogP contribution in [0.5, 0.6) is 5.75 Å². The first-order chi connectivity index (χ1) is 12.1. The lowest BCUT2D eigenvalue weighted by atomic mass is 10.3. The van der Waals surface area contributed by atoms with Gasteiger partial charge in [-0.2, -0.15) is 11.3 Å². The summed E-state index contributed by atoms with van der Waals surface area (Å²) in [5.74, 6) is 0.263. The standard InChI is InChI=1S/C18H16N2O3S2/c1-20-17(25-15(18(20)22)9-12-7-8-24-11-12)10-16(21)19-13-5-3-4-6-14(13)23-2/h3-11H,1-2H3,(H,19,21). The Balaban J connectivity index is 1.94. The van der Waals surface area contributed by atoms with Gasteiger partial charge in [0.05, 0.1) is 17.3 Å². The molecule has 0 atom stereocenters. The number of thiophene rings is 1. The summed E-state index contributed by atoms with van der Waals surface area (Å²) in [7, 11) is 3.20. The number of hydrogen-bond donors (Lipinski definition) is 1. The number of amides is 1. The fourth-order valence-corrected chi connectivity index (χ4v) is 3.89. The fraction of sp³-hybridized carbons (Fsp3) is 0.111. The molecule has 0 spiro atoms. The van der Waals surface area contributed by atoms with Gasteiger partial charge < -0.3 is 14.6 Å². The Morgan fingerprint density at radius 1 is 1.28 bits per heavy atom. The van der Waals surface area contributed by atoms with Gasteiger partial charge in [-0.1, -0.05) is 12.1 Å². The van der Waals surface area contributed by atoms with Crippen LogP contribution in [-0.2, 0) is 11.8 Å². The van der Waals surface area contributed by atoms with Crippen molar-refractivity contribution in [3.8, 4) is 5.75 Å². The zero-order valence-corrected chi connectivity index (χ0v) is 15.3. The van der Waals surface area contributed by atoms with Gasteiger partial charge in [0.15, 0.2) is 0 Å². The van der Waals surface area contributed by atoms with Crippen molar-refractivity contribution in [2.75, 3.05) is 12.4 Å². The second-order valence-electron chi connectivity index (χ2n) is 5.20. The monoisotopic (exact) mass is 372 g/mol. The van der Waals surface area contributed by atoms with Crippen LogP contribution in [0.4, 0.5) is 5.69 Å². The number of methoxy groups -OCH3 is 1. The molecule has 0 unspecified atom stereocenters. The number of nitrogens with one attached hydrogen (secondary N) is 1. The largest absolute Gasteiger partial charge is 0.495 e. The lowest BCUT2D eigenvalue weighted by Crippen LogP contribution is -2.29. The molecule has 0 aliphatic heterocycles. The highest BCUT2D eigenvalue weighted by Gasteiger charge is 2.06. The number of thiazole rings is 1. The first-order valence-electron chi connectivity index (χ1n) is 7.44. The van der Waals surface area contributed by atoms with Gasteiger partial charge in [0.25, 0.3) is 11.5 Å². The molecule has 1 N–H and O–H groups in total. The summed E-state index contributed by atoms with van der Waals surface area (Å²) in [6, 6.07) is 9.11. The van der Waals surface area contributed by atoms with Crippen LogP contribution in [-0.4, -0.2) is 17.6 Å². The van der Waals surface area contributed by atoms with E-state index >= 15 is 0 Å². The molecule has 5 nitrogen and oxygen atoms in total. The van der Waals surface area contributed by atoms with Crippen molar-refractivity contribution < 1.29 is 9.53 Å². The van der Waals surface area contributed by atoms with E-state index in [2.05, 4.69) is 5.32 Å². The van der Waals surface area contributed by atoms with E-state index in [0.29, 0.717) is 20.6 Å². The number of aromatic nitrogens is 1. The Morgan fingerprint density at radius 3 is 2.80 bits per heavy atom. The van der Waals surface area contributed by atoms with Gasteiger partial charge in [-0.05, 0) is 40.6 Å². The van der Waals surface area contributed by atoms with Crippen molar-refractivity contribution in [3.63, 3.8) is 0 Å². The minimum absolute atomic E-state index is 0.118. The van der Waals surface area contributed by atoms with Crippen molar-refractivity contribution in [1.82, 2.24) is 4.57 Å². The molecule has 3 rings (SSSR count). The summed E-state index contributed by atoms with van der Waals surface area (Å²) < 4.78 is 7.87. The SMILES string of the molecule is COc1ccccc1NC(=O)C=c1sc(=Cc2ccsc2)c(=O)n1C. The van der Waals surface area contributed by atoms with Crippen LogP contribution in [0.15, 0.2) is 45.9 Å². The summed E-state index contributed by atoms with van der Waals surface area (Å²) in [6.45, 7) is 0. The third kappa shape index (κ3) is 3.89. The van der Waals surface area contributed by atoms with Gasteiger partial charge in [0.2, 0.25) is 0 Å². The molecule has 0 radical (unpaired) electrons. The highest BCUT2D eigenvalue weighted by atomic mass is 32.1. The smallest absolute Gasteiger partial charge is 0.268 e. The van der Waals surface area contributed by atoms with Crippen molar-refractivity contribution in [1.29, 1.82) is 0 Å². The lowest BCUT2D eigenvalue weighted by molar-refractivity contribution is -0.110. The van der Waals surface area contributed by atoms with Gasteiger partial charge in [-0.15, -0.1) is 11.3 Å². The van der Waals surface area contributed by atoms with Crippen molar-refractivity contribution in [2.45, 2.75) is 0 Å². The molecule has 2 aromatic heterocycles. The Hall–Kier alpha value is -2.64. The molecule has 0 saturated carbocycles. The molecule has 0 saturated heterocycles. The molecular formula is C18H16N2O3S2. The number of carbonyl (C=O) groups is 1. The maximum Gasteiger partial charge on any atom is 0.268 e. The van der Waals surface area contributed by atoms with E-state index in [4.69, 9.17) is 4.74 Å². The van der Waals surface area contributed by atoms with E-state index in [1.54, 1.807) is 37.6 Å². The molecule has 25 heavy (non-hydrogen) atoms. The summed E-state index contributed by atoms with van der Waals surface area (Å²) in [4.78, 5) is 24.6. The number of nitrogens with zero attached hydrogens (tertiary/aromatic N) is 1. The minimum Gasteiger partial charge on any atom is -0.495 e. The van der Waals surface area contributed by atoms with Gasteiger partial charge in [-0.25, -0.2) is 0 Å². The quantitative estimate of drug-likeness (QED) is 0.759. The van der Waals surface area contributed by atoms with E-state index in [1.165, 1.54) is 22.0 Å². The first-order valence-corrected chi connectivity index (χ1v) is 9.20. The van der Waals surface area contributed by atoms with Crippen molar-refractivity contribution in [3.05, 3.63) is 66.2 Å². The molecule has 1 aromatic carbocycles. The third-order valence-electron chi connectivity index (χ3n) is 3.52. The number of benzene rings is 1. The second kappa shape index (κ2) is 7.50. The molecule has 0 aliphatic rings. The van der Waals surface area contributed by atoms with Crippen LogP contribution in [0.2, 0.25) is 0 Å². The van der Waals surface area contributed by atoms with E-state index in [-0.39, 0.29) is 11.5 Å². The molecule has 3 aromatic rings. The Morgan fingerprint density at radius 2 is 2.08 bits per heavy atom. The van der Waals surface area contributed by atoms with Crippen LogP contribution in [0.25, 0.3) is 12.2 Å². The zero-order valence-electron chi connectivity index (χ0n) is 13.7. The maximum atomic E-state index is 12.3. The summed E-state index contributed by atoms with van der Waals surface area (Å²) in [6.07, 6.45) is 3.25. The van der Waals surface area contributed by atoms with E-state index < -0.39 is 0 Å². The highest BCUT2D eigenvalue weighted by molar-refractivity contribution is 7.08. The highest BCUT2D eigenvalue weighted by Crippen LogP contribution is 2.22. The minimum atomic E-state index is -0.316. The number of carbonyl (C=O) groups excluding carboxylic acids is 1. The van der Waals surface area contributed by atoms with Crippen LogP contribution in [0.3, 0.4) is 0 Å². The molecule has 0 bridgehead atoms. The van der Waals surface area contributed by atoms with Crippen molar-refractivity contribution in [2.24, 2.45) is 7.05 Å². The maximum absolute atomic E-state index is 12.3. The average molecular weight is 372 g/mol. The van der Waals surface area contributed by atoms with Crippen LogP contribution < -0.4 is 24.8 Å². The van der Waals surface area contributed by atoms with Crippen LogP contribution in [0.1, 0.15) is 5.56 Å². The Labute approximate surface area is 152 Å². The summed E-state index contributed by atoms with van der Waals surface area (Å²) >= 11 is 2.86. The number of anilines is 1. The summed E-state index contributed by atoms with van der Waals surface area (Å²) in [5.41, 5.74) is 1.44. The van der Waals surface area contributed by atoms with Crippen LogP contribution in [0, 0.1) is 0 Å². The van der Waals surface area contributed by atoms with E-state index in [9.17, 15) is 9.59 Å². The molecule has 2 heterocycles. The van der Waals surface area contributed by atoms with E-state index in [1.807, 2.05) is 35.0 Å². The number of hydrogen-bond acceptors (Lipinski definition) is 5. The predicted molar refractivity (Wildman–Crippen MR) is 103 cm³/mol. The number of ether oxygens (including phenoxy) is 1. The molecule has 1 amide bonds. The Bertz CT molecular complexity index is 1060. The normalized spacial score (nSPS) is 12.4. The first kappa shape index (κ1) is 17.2. The molecular weight excluding hydrogens is 356 g/mol. The van der Waals surface area contributed by atoms with Gasteiger partial charge in [0, 0.05) is 13.1 Å². The second-order valence-corrected chi connectivity index (χ2v) is 7.05. The molecule has 128 valence electrons. The third-order valence-corrected chi connectivity index (χ3v) is 5.34. The number of rotatable bonds is 4. The lowest BCUT2D eigenvalue weighted by Gasteiger charge is -2.07. The molecule has 0 aliphatic carbocycles. The fourth-order valence-electron chi connectivity index (χ4n) is 2.25. The van der Waals surface area contributed by atoms with Gasteiger partial charge >= 0.3 is 0 Å².